The van der Waals surface area contributed by atoms with Crippen molar-refractivity contribution in [2.45, 2.75) is 38.6 Å². The van der Waals surface area contributed by atoms with Gasteiger partial charge in [0, 0.05) is 19.0 Å². The van der Waals surface area contributed by atoms with E-state index in [1.54, 1.807) is 0 Å². The summed E-state index contributed by atoms with van der Waals surface area (Å²) in [5.41, 5.74) is -0.487. The zero-order chi connectivity index (χ0) is 20.0. The van der Waals surface area contributed by atoms with Gasteiger partial charge in [0.2, 0.25) is 0 Å². The van der Waals surface area contributed by atoms with Crippen molar-refractivity contribution in [1.29, 1.82) is 0 Å². The fraction of sp³-hybridized carbons (Fsp3) is 0.556. The first-order chi connectivity index (χ1) is 12.9. The lowest BCUT2D eigenvalue weighted by atomic mass is 10.1. The highest BCUT2D eigenvalue weighted by molar-refractivity contribution is 5.99. The van der Waals surface area contributed by atoms with Crippen molar-refractivity contribution in [3.05, 3.63) is 27.8 Å². The molecule has 0 aromatic heterocycles. The smallest absolute Gasteiger partial charge is 0.286 e. The van der Waals surface area contributed by atoms with Gasteiger partial charge in [-0.1, -0.05) is 0 Å². The third kappa shape index (κ3) is 4.94. The molecule has 27 heavy (non-hydrogen) atoms. The minimum absolute atomic E-state index is 0.0292. The third-order valence-corrected chi connectivity index (χ3v) is 4.49. The number of aliphatic hydroxyl groups excluding tert-OH is 1. The van der Waals surface area contributed by atoms with Gasteiger partial charge in [0.15, 0.2) is 11.5 Å². The van der Waals surface area contributed by atoms with Crippen LogP contribution < -0.4 is 9.47 Å². The number of benzene rings is 1. The molecule has 1 aliphatic rings. The van der Waals surface area contributed by atoms with E-state index in [1.165, 1.54) is 31.1 Å². The molecule has 1 aromatic carbocycles. The van der Waals surface area contributed by atoms with Crippen molar-refractivity contribution >= 4 is 17.4 Å². The molecular formula is C18H24N2O7. The Morgan fingerprint density at radius 1 is 1.37 bits per heavy atom. The van der Waals surface area contributed by atoms with E-state index < -0.39 is 10.8 Å². The maximum absolute atomic E-state index is 12.8. The average Bonchev–Trinajstić information content (AvgIpc) is 3.12. The van der Waals surface area contributed by atoms with Crippen LogP contribution in [0.15, 0.2) is 12.1 Å². The van der Waals surface area contributed by atoms with Gasteiger partial charge in [-0.15, -0.1) is 0 Å². The molecule has 9 nitrogen and oxygen atoms in total. The van der Waals surface area contributed by atoms with Gasteiger partial charge in [0.1, 0.15) is 11.3 Å². The second kappa shape index (κ2) is 9.31. The van der Waals surface area contributed by atoms with Crippen molar-refractivity contribution in [2.24, 2.45) is 0 Å². The Bertz CT molecular complexity index is 720. The monoisotopic (exact) mass is 380 g/mol. The summed E-state index contributed by atoms with van der Waals surface area (Å²) in [5.74, 6) is -0.142. The molecule has 1 aromatic rings. The Hall–Kier alpha value is -2.68. The van der Waals surface area contributed by atoms with Gasteiger partial charge < -0.3 is 24.3 Å². The van der Waals surface area contributed by atoms with Crippen LogP contribution in [0.2, 0.25) is 0 Å². The Morgan fingerprint density at radius 3 is 2.70 bits per heavy atom. The molecule has 0 aliphatic carbocycles. The highest BCUT2D eigenvalue weighted by Crippen LogP contribution is 2.36. The lowest BCUT2D eigenvalue weighted by Crippen LogP contribution is -2.37. The van der Waals surface area contributed by atoms with Gasteiger partial charge in [0.25, 0.3) is 11.6 Å². The van der Waals surface area contributed by atoms with Crippen LogP contribution >= 0.6 is 0 Å². The number of nitro groups is 1. The maximum atomic E-state index is 12.8. The molecular weight excluding hydrogens is 356 g/mol. The lowest BCUT2D eigenvalue weighted by molar-refractivity contribution is -0.385. The first-order valence-corrected chi connectivity index (χ1v) is 8.79. The predicted octanol–water partition coefficient (Wildman–Crippen LogP) is 1.95. The molecule has 1 saturated heterocycles. The number of rotatable bonds is 9. The Balaban J connectivity index is 2.30. The largest absolute Gasteiger partial charge is 0.493 e. The third-order valence-electron chi connectivity index (χ3n) is 4.49. The Morgan fingerprint density at radius 2 is 2.11 bits per heavy atom. The summed E-state index contributed by atoms with van der Waals surface area (Å²) in [6.45, 7) is 1.92. The number of likely N-dealkylation sites (tertiary alicyclic amines) is 1. The highest BCUT2D eigenvalue weighted by atomic mass is 16.6. The van der Waals surface area contributed by atoms with Crippen LogP contribution in [0.1, 0.15) is 43.0 Å². The fourth-order valence-electron chi connectivity index (χ4n) is 3.09. The van der Waals surface area contributed by atoms with Gasteiger partial charge >= 0.3 is 0 Å². The molecule has 2 rings (SSSR count). The molecule has 1 amide bonds. The van der Waals surface area contributed by atoms with Crippen molar-refractivity contribution in [1.82, 2.24) is 4.90 Å². The highest BCUT2D eigenvalue weighted by Gasteiger charge is 2.33. The number of methoxy groups -OCH3 is 1. The van der Waals surface area contributed by atoms with Crippen LogP contribution in [0.4, 0.5) is 5.69 Å². The molecule has 0 saturated carbocycles. The number of hydrogen-bond acceptors (Lipinski definition) is 7. The summed E-state index contributed by atoms with van der Waals surface area (Å²) in [5, 5.41) is 20.9. The van der Waals surface area contributed by atoms with Gasteiger partial charge in [-0.25, -0.2) is 0 Å². The summed E-state index contributed by atoms with van der Waals surface area (Å²) in [6.07, 6.45) is 2.21. The molecule has 1 heterocycles. The quantitative estimate of drug-likeness (QED) is 0.395. The first-order valence-electron chi connectivity index (χ1n) is 8.79. The van der Waals surface area contributed by atoms with E-state index in [9.17, 15) is 24.8 Å². The number of Topliss-reactive ketones (excluding diaryl/α,β-unsaturated/α-hetero) is 1. The van der Waals surface area contributed by atoms with E-state index in [-0.39, 0.29) is 47.8 Å². The molecule has 0 bridgehead atoms. The van der Waals surface area contributed by atoms with Gasteiger partial charge in [-0.3, -0.25) is 14.9 Å². The summed E-state index contributed by atoms with van der Waals surface area (Å²) in [6, 6.07) is 2.13. The first kappa shape index (κ1) is 20.6. The molecule has 1 N–H and O–H groups in total. The molecule has 0 unspecified atom stereocenters. The van der Waals surface area contributed by atoms with Crippen molar-refractivity contribution in [2.75, 3.05) is 26.9 Å². The van der Waals surface area contributed by atoms with Crippen LogP contribution in [-0.2, 0) is 4.79 Å². The van der Waals surface area contributed by atoms with Crippen LogP contribution in [0.3, 0.4) is 0 Å². The summed E-state index contributed by atoms with van der Waals surface area (Å²) in [4.78, 5) is 36.1. The minimum atomic E-state index is -0.640. The Kier molecular flexibility index (Phi) is 7.12. The van der Waals surface area contributed by atoms with Crippen molar-refractivity contribution in [3.8, 4) is 11.5 Å². The van der Waals surface area contributed by atoms with Crippen LogP contribution in [0.5, 0.6) is 11.5 Å². The second-order valence-electron chi connectivity index (χ2n) is 6.41. The zero-order valence-electron chi connectivity index (χ0n) is 15.5. The van der Waals surface area contributed by atoms with E-state index >= 15 is 0 Å². The van der Waals surface area contributed by atoms with Crippen molar-refractivity contribution < 1.29 is 29.1 Å². The number of aliphatic hydroxyl groups is 1. The van der Waals surface area contributed by atoms with Gasteiger partial charge in [-0.05, 0) is 26.2 Å². The predicted molar refractivity (Wildman–Crippen MR) is 96.2 cm³/mol. The maximum Gasteiger partial charge on any atom is 0.286 e. The zero-order valence-corrected chi connectivity index (χ0v) is 15.5. The van der Waals surface area contributed by atoms with Crippen LogP contribution in [0.25, 0.3) is 0 Å². The lowest BCUT2D eigenvalue weighted by Gasteiger charge is -2.23. The van der Waals surface area contributed by atoms with Gasteiger partial charge in [-0.2, -0.15) is 0 Å². The van der Waals surface area contributed by atoms with Crippen molar-refractivity contribution in [3.63, 3.8) is 0 Å². The normalized spacial score (nSPS) is 16.3. The van der Waals surface area contributed by atoms with E-state index in [4.69, 9.17) is 9.47 Å². The number of ketones is 1. The number of ether oxygens (including phenoxy) is 2. The standard InChI is InChI=1S/C18H24N2O7/c1-12(22)5-4-8-27-17-10-15(20(24)25)14(9-16(17)26-2)18(23)19-7-3-6-13(19)11-21/h9-10,13,21H,3-8,11H2,1-2H3/t13-/m1/s1. The topological polar surface area (TPSA) is 119 Å². The summed E-state index contributed by atoms with van der Waals surface area (Å²) >= 11 is 0. The minimum Gasteiger partial charge on any atom is -0.493 e. The number of nitrogens with zero attached hydrogens (tertiary/aromatic N) is 2. The molecule has 9 heteroatoms. The average molecular weight is 380 g/mol. The van der Waals surface area contributed by atoms with E-state index in [1.807, 2.05) is 0 Å². The van der Waals surface area contributed by atoms with Gasteiger partial charge in [0.05, 0.1) is 37.4 Å². The number of hydrogen-bond donors (Lipinski definition) is 1. The van der Waals surface area contributed by atoms with E-state index in [0.29, 0.717) is 25.8 Å². The molecule has 148 valence electrons. The Labute approximate surface area is 157 Å². The summed E-state index contributed by atoms with van der Waals surface area (Å²) in [7, 11) is 1.38. The second-order valence-corrected chi connectivity index (χ2v) is 6.41. The molecule has 0 spiro atoms. The SMILES string of the molecule is COc1cc(C(=O)N2CCC[C@@H]2CO)c([N+](=O)[O-])cc1OCCCC(C)=O. The van der Waals surface area contributed by atoms with Crippen LogP contribution in [0, 0.1) is 10.1 Å². The van der Waals surface area contributed by atoms with E-state index in [0.717, 1.165) is 6.42 Å². The molecule has 0 radical (unpaired) electrons. The molecule has 1 atom stereocenters. The fourth-order valence-corrected chi connectivity index (χ4v) is 3.09. The molecule has 1 fully saturated rings. The number of carbonyl (C=O) groups excluding carboxylic acids is 2. The van der Waals surface area contributed by atoms with E-state index in [2.05, 4.69) is 0 Å². The number of nitro benzene ring substituents is 1. The number of amides is 1. The summed E-state index contributed by atoms with van der Waals surface area (Å²) < 4.78 is 10.8. The molecule has 1 aliphatic heterocycles. The van der Waals surface area contributed by atoms with Crippen LogP contribution in [-0.4, -0.2) is 59.5 Å². The number of carbonyl (C=O) groups is 2.